The van der Waals surface area contributed by atoms with Crippen LogP contribution in [0.3, 0.4) is 0 Å². The van der Waals surface area contributed by atoms with Gasteiger partial charge in [-0.15, -0.1) is 23.1 Å². The molecule has 0 saturated heterocycles. The van der Waals surface area contributed by atoms with E-state index in [0.717, 1.165) is 27.5 Å². The first-order chi connectivity index (χ1) is 16.9. The summed E-state index contributed by atoms with van der Waals surface area (Å²) in [6, 6.07) is 22.6. The molecular weight excluding hydrogens is 478 g/mol. The predicted octanol–water partition coefficient (Wildman–Crippen LogP) is 6.50. The molecule has 6 nitrogen and oxygen atoms in total. The zero-order valence-electron chi connectivity index (χ0n) is 19.6. The molecule has 0 spiro atoms. The summed E-state index contributed by atoms with van der Waals surface area (Å²) < 4.78 is 5.27. The Morgan fingerprint density at radius 1 is 1.00 bits per heavy atom. The van der Waals surface area contributed by atoms with Gasteiger partial charge in [-0.05, 0) is 62.4 Å². The van der Waals surface area contributed by atoms with E-state index in [0.29, 0.717) is 16.4 Å². The van der Waals surface area contributed by atoms with Crippen molar-refractivity contribution < 1.29 is 14.3 Å². The van der Waals surface area contributed by atoms with E-state index in [1.807, 2.05) is 86.0 Å². The molecule has 0 radical (unpaired) electrons. The number of nitrogens with one attached hydrogen (secondary N) is 2. The summed E-state index contributed by atoms with van der Waals surface area (Å²) in [5.74, 6) is 0.476. The molecule has 0 bridgehead atoms. The number of methoxy groups -OCH3 is 1. The molecule has 1 aromatic heterocycles. The molecule has 4 rings (SSSR count). The van der Waals surface area contributed by atoms with Gasteiger partial charge < -0.3 is 15.4 Å². The fourth-order valence-electron chi connectivity index (χ4n) is 3.32. The highest BCUT2D eigenvalue weighted by atomic mass is 32.2. The predicted molar refractivity (Wildman–Crippen MR) is 144 cm³/mol. The van der Waals surface area contributed by atoms with Gasteiger partial charge in [-0.1, -0.05) is 29.8 Å². The summed E-state index contributed by atoms with van der Waals surface area (Å²) in [4.78, 5) is 30.6. The Hall–Kier alpha value is -3.62. The molecule has 0 aliphatic rings. The van der Waals surface area contributed by atoms with Crippen molar-refractivity contribution >= 4 is 45.7 Å². The van der Waals surface area contributed by atoms with Crippen LogP contribution in [0, 0.1) is 6.92 Å². The van der Waals surface area contributed by atoms with E-state index < -0.39 is 0 Å². The minimum atomic E-state index is -0.327. The number of nitrogens with zero attached hydrogens (tertiary/aromatic N) is 1. The minimum Gasteiger partial charge on any atom is -0.497 e. The number of anilines is 2. The monoisotopic (exact) mass is 503 g/mol. The standard InChI is InChI=1S/C27H25N3O3S2/c1-17-6-4-8-20(14-17)26(32)28-21-10-12-23(13-11-21)35-18(2)25(31)30-27-29-24(16-34-27)19-7-5-9-22(15-19)33-3/h4-16,18H,1-3H3,(H,28,32)(H,29,30,31). The number of hydrogen-bond donors (Lipinski definition) is 2. The first-order valence-corrected chi connectivity index (χ1v) is 12.7. The maximum Gasteiger partial charge on any atom is 0.255 e. The number of aryl methyl sites for hydroxylation is 1. The fraction of sp³-hybridized carbons (Fsp3) is 0.148. The number of thioether (sulfide) groups is 1. The van der Waals surface area contributed by atoms with Crippen molar-refractivity contribution in [3.05, 3.63) is 89.3 Å². The second-order valence-electron chi connectivity index (χ2n) is 7.87. The molecule has 3 aromatic carbocycles. The van der Waals surface area contributed by atoms with Crippen LogP contribution in [0.1, 0.15) is 22.8 Å². The lowest BCUT2D eigenvalue weighted by Crippen LogP contribution is -2.22. The van der Waals surface area contributed by atoms with Crippen LogP contribution in [0.5, 0.6) is 5.75 Å². The van der Waals surface area contributed by atoms with E-state index in [1.165, 1.54) is 23.1 Å². The molecule has 1 unspecified atom stereocenters. The topological polar surface area (TPSA) is 80.3 Å². The maximum atomic E-state index is 12.7. The van der Waals surface area contributed by atoms with E-state index in [-0.39, 0.29) is 17.1 Å². The van der Waals surface area contributed by atoms with Crippen LogP contribution in [0.15, 0.2) is 83.1 Å². The number of aromatic nitrogens is 1. The third kappa shape index (κ3) is 6.49. The Labute approximate surface area is 212 Å². The molecule has 0 aliphatic carbocycles. The van der Waals surface area contributed by atoms with Gasteiger partial charge in [-0.25, -0.2) is 4.98 Å². The first kappa shape index (κ1) is 24.5. The van der Waals surface area contributed by atoms with Crippen LogP contribution in [0.25, 0.3) is 11.3 Å². The number of carbonyl (C=O) groups is 2. The van der Waals surface area contributed by atoms with Crippen LogP contribution in [-0.4, -0.2) is 29.2 Å². The smallest absolute Gasteiger partial charge is 0.255 e. The Kier molecular flexibility index (Phi) is 7.84. The van der Waals surface area contributed by atoms with E-state index in [1.54, 1.807) is 13.2 Å². The van der Waals surface area contributed by atoms with Crippen molar-refractivity contribution in [1.82, 2.24) is 4.98 Å². The van der Waals surface area contributed by atoms with Crippen molar-refractivity contribution in [2.45, 2.75) is 24.0 Å². The average Bonchev–Trinajstić information content (AvgIpc) is 3.33. The summed E-state index contributed by atoms with van der Waals surface area (Å²) >= 11 is 2.82. The molecular formula is C27H25N3O3S2. The summed E-state index contributed by atoms with van der Waals surface area (Å²) in [7, 11) is 1.62. The largest absolute Gasteiger partial charge is 0.497 e. The first-order valence-electron chi connectivity index (χ1n) is 11.0. The zero-order chi connectivity index (χ0) is 24.8. The van der Waals surface area contributed by atoms with Crippen LogP contribution in [0.4, 0.5) is 10.8 Å². The lowest BCUT2D eigenvalue weighted by molar-refractivity contribution is -0.115. The Morgan fingerprint density at radius 2 is 1.77 bits per heavy atom. The summed E-state index contributed by atoms with van der Waals surface area (Å²) in [5.41, 5.74) is 4.06. The van der Waals surface area contributed by atoms with Crippen molar-refractivity contribution in [2.75, 3.05) is 17.7 Å². The normalized spacial score (nSPS) is 11.5. The Bertz CT molecular complexity index is 1340. The molecule has 1 atom stereocenters. The van der Waals surface area contributed by atoms with E-state index >= 15 is 0 Å². The number of hydrogen-bond acceptors (Lipinski definition) is 6. The fourth-order valence-corrected chi connectivity index (χ4v) is 4.91. The lowest BCUT2D eigenvalue weighted by Gasteiger charge is -2.11. The van der Waals surface area contributed by atoms with Gasteiger partial charge in [0, 0.05) is 27.1 Å². The lowest BCUT2D eigenvalue weighted by atomic mass is 10.1. The van der Waals surface area contributed by atoms with E-state index in [9.17, 15) is 9.59 Å². The van der Waals surface area contributed by atoms with Crippen molar-refractivity contribution in [3.63, 3.8) is 0 Å². The second-order valence-corrected chi connectivity index (χ2v) is 10.1. The van der Waals surface area contributed by atoms with Gasteiger partial charge in [-0.3, -0.25) is 9.59 Å². The second kappa shape index (κ2) is 11.2. The third-order valence-corrected chi connectivity index (χ3v) is 7.04. The van der Waals surface area contributed by atoms with Gasteiger partial charge in [0.25, 0.3) is 5.91 Å². The molecule has 0 saturated carbocycles. The molecule has 1 heterocycles. The van der Waals surface area contributed by atoms with Gasteiger partial charge in [0.1, 0.15) is 5.75 Å². The molecule has 2 amide bonds. The Morgan fingerprint density at radius 3 is 2.51 bits per heavy atom. The summed E-state index contributed by atoms with van der Waals surface area (Å²) in [5, 5.41) is 7.93. The Balaban J connectivity index is 1.32. The van der Waals surface area contributed by atoms with Crippen LogP contribution in [-0.2, 0) is 4.79 Å². The van der Waals surface area contributed by atoms with Crippen LogP contribution < -0.4 is 15.4 Å². The van der Waals surface area contributed by atoms with E-state index in [4.69, 9.17) is 4.74 Å². The molecule has 0 aliphatic heterocycles. The van der Waals surface area contributed by atoms with Crippen molar-refractivity contribution in [3.8, 4) is 17.0 Å². The van der Waals surface area contributed by atoms with Crippen molar-refractivity contribution in [2.24, 2.45) is 0 Å². The number of rotatable bonds is 8. The van der Waals surface area contributed by atoms with Gasteiger partial charge in [0.2, 0.25) is 5.91 Å². The zero-order valence-corrected chi connectivity index (χ0v) is 21.2. The number of benzene rings is 3. The number of carbonyl (C=O) groups excluding carboxylic acids is 2. The average molecular weight is 504 g/mol. The van der Waals surface area contributed by atoms with Gasteiger partial charge >= 0.3 is 0 Å². The van der Waals surface area contributed by atoms with Crippen LogP contribution >= 0.6 is 23.1 Å². The SMILES string of the molecule is COc1cccc(-c2csc(NC(=O)C(C)Sc3ccc(NC(=O)c4cccc(C)c4)cc3)n2)c1. The third-order valence-electron chi connectivity index (χ3n) is 5.17. The number of thiazole rings is 1. The molecule has 0 fully saturated rings. The van der Waals surface area contributed by atoms with Gasteiger partial charge in [-0.2, -0.15) is 0 Å². The highest BCUT2D eigenvalue weighted by Crippen LogP contribution is 2.29. The van der Waals surface area contributed by atoms with Crippen molar-refractivity contribution in [1.29, 1.82) is 0 Å². The maximum absolute atomic E-state index is 12.7. The minimum absolute atomic E-state index is 0.127. The quantitative estimate of drug-likeness (QED) is 0.268. The molecule has 8 heteroatoms. The van der Waals surface area contributed by atoms with Gasteiger partial charge in [0.05, 0.1) is 18.1 Å². The summed E-state index contributed by atoms with van der Waals surface area (Å²) in [6.07, 6.45) is 0. The number of amides is 2. The van der Waals surface area contributed by atoms with Gasteiger partial charge in [0.15, 0.2) is 5.13 Å². The highest BCUT2D eigenvalue weighted by Gasteiger charge is 2.17. The molecule has 35 heavy (non-hydrogen) atoms. The highest BCUT2D eigenvalue weighted by molar-refractivity contribution is 8.00. The molecule has 178 valence electrons. The van der Waals surface area contributed by atoms with Crippen LogP contribution in [0.2, 0.25) is 0 Å². The molecule has 2 N–H and O–H groups in total. The summed E-state index contributed by atoms with van der Waals surface area (Å²) in [6.45, 7) is 3.80. The molecule has 4 aromatic rings. The van der Waals surface area contributed by atoms with E-state index in [2.05, 4.69) is 15.6 Å². The number of ether oxygens (including phenoxy) is 1.